The summed E-state index contributed by atoms with van der Waals surface area (Å²) in [4.78, 5) is 16.3. The topological polar surface area (TPSA) is 42.0 Å². The summed E-state index contributed by atoms with van der Waals surface area (Å²) in [6.07, 6.45) is 3.85. The molecule has 0 saturated heterocycles. The van der Waals surface area contributed by atoms with Crippen molar-refractivity contribution in [3.8, 4) is 11.3 Å². The molecule has 0 aliphatic carbocycles. The number of aromatic nitrogens is 1. The molecule has 0 fully saturated rings. The lowest BCUT2D eigenvalue weighted by Crippen LogP contribution is -2.26. The van der Waals surface area contributed by atoms with E-state index in [-0.39, 0.29) is 5.91 Å². The zero-order valence-corrected chi connectivity index (χ0v) is 13.5. The van der Waals surface area contributed by atoms with Crippen molar-refractivity contribution in [2.45, 2.75) is 39.5 Å². The molecule has 2 rings (SSSR count). The lowest BCUT2D eigenvalue weighted by atomic mass is 10.1. The third-order valence-electron chi connectivity index (χ3n) is 3.34. The van der Waals surface area contributed by atoms with Crippen LogP contribution in [-0.4, -0.2) is 17.4 Å². The van der Waals surface area contributed by atoms with Crippen molar-refractivity contribution in [2.24, 2.45) is 0 Å². The first-order chi connectivity index (χ1) is 10.2. The van der Waals surface area contributed by atoms with Crippen LogP contribution < -0.4 is 5.32 Å². The Labute approximate surface area is 130 Å². The SMILES string of the molecule is CCCCCNC(=O)Cc1ccc(-c2csc(C)n2)cc1. The molecule has 0 aliphatic heterocycles. The molecule has 0 spiro atoms. The van der Waals surface area contributed by atoms with Gasteiger partial charge in [-0.15, -0.1) is 11.3 Å². The number of hydrogen-bond acceptors (Lipinski definition) is 3. The summed E-state index contributed by atoms with van der Waals surface area (Å²) in [6.45, 7) is 4.95. The highest BCUT2D eigenvalue weighted by Gasteiger charge is 2.05. The Kier molecular flexibility index (Phi) is 5.93. The summed E-state index contributed by atoms with van der Waals surface area (Å²) >= 11 is 1.65. The first-order valence-corrected chi connectivity index (χ1v) is 8.35. The smallest absolute Gasteiger partial charge is 0.224 e. The van der Waals surface area contributed by atoms with Gasteiger partial charge in [-0.2, -0.15) is 0 Å². The number of hydrogen-bond donors (Lipinski definition) is 1. The predicted octanol–water partition coefficient (Wildman–Crippen LogP) is 3.97. The van der Waals surface area contributed by atoms with E-state index < -0.39 is 0 Å². The maximum atomic E-state index is 11.8. The van der Waals surface area contributed by atoms with Crippen LogP contribution in [0.4, 0.5) is 0 Å². The molecule has 0 atom stereocenters. The van der Waals surface area contributed by atoms with Crippen molar-refractivity contribution in [3.63, 3.8) is 0 Å². The van der Waals surface area contributed by atoms with Crippen LogP contribution in [0.25, 0.3) is 11.3 Å². The Morgan fingerprint density at radius 2 is 2.00 bits per heavy atom. The number of aryl methyl sites for hydroxylation is 1. The number of rotatable bonds is 7. The van der Waals surface area contributed by atoms with Gasteiger partial charge in [0.05, 0.1) is 17.1 Å². The van der Waals surface area contributed by atoms with Gasteiger partial charge in [-0.05, 0) is 18.9 Å². The molecule has 21 heavy (non-hydrogen) atoms. The van der Waals surface area contributed by atoms with Crippen LogP contribution in [0.5, 0.6) is 0 Å². The second-order valence-electron chi connectivity index (χ2n) is 5.18. The first kappa shape index (κ1) is 15.7. The van der Waals surface area contributed by atoms with Crippen LogP contribution in [0, 0.1) is 6.92 Å². The molecule has 4 heteroatoms. The van der Waals surface area contributed by atoms with E-state index in [1.807, 2.05) is 31.2 Å². The number of nitrogens with one attached hydrogen (secondary N) is 1. The molecule has 0 unspecified atom stereocenters. The van der Waals surface area contributed by atoms with Gasteiger partial charge in [0.1, 0.15) is 0 Å². The number of carbonyl (C=O) groups is 1. The zero-order chi connectivity index (χ0) is 15.1. The second kappa shape index (κ2) is 7.93. The fourth-order valence-electron chi connectivity index (χ4n) is 2.14. The quantitative estimate of drug-likeness (QED) is 0.786. The van der Waals surface area contributed by atoms with Gasteiger partial charge in [0.2, 0.25) is 5.91 Å². The maximum Gasteiger partial charge on any atom is 0.224 e. The number of benzene rings is 1. The van der Waals surface area contributed by atoms with Gasteiger partial charge in [-0.3, -0.25) is 4.79 Å². The molecule has 0 saturated carbocycles. The summed E-state index contributed by atoms with van der Waals surface area (Å²) < 4.78 is 0. The molecule has 1 aromatic carbocycles. The van der Waals surface area contributed by atoms with Gasteiger partial charge >= 0.3 is 0 Å². The maximum absolute atomic E-state index is 11.8. The van der Waals surface area contributed by atoms with E-state index in [2.05, 4.69) is 22.6 Å². The standard InChI is InChI=1S/C17H22N2OS/c1-3-4-5-10-18-17(20)11-14-6-8-15(9-7-14)16-12-21-13(2)19-16/h6-9,12H,3-5,10-11H2,1-2H3,(H,18,20). The Morgan fingerprint density at radius 3 is 2.62 bits per heavy atom. The van der Waals surface area contributed by atoms with Gasteiger partial charge in [-0.1, -0.05) is 44.0 Å². The zero-order valence-electron chi connectivity index (χ0n) is 12.7. The van der Waals surface area contributed by atoms with E-state index in [1.165, 1.54) is 12.8 Å². The van der Waals surface area contributed by atoms with Gasteiger partial charge in [0, 0.05) is 17.5 Å². The van der Waals surface area contributed by atoms with Gasteiger partial charge < -0.3 is 5.32 Å². The largest absolute Gasteiger partial charge is 0.356 e. The molecule has 112 valence electrons. The van der Waals surface area contributed by atoms with Crippen LogP contribution in [-0.2, 0) is 11.2 Å². The second-order valence-corrected chi connectivity index (χ2v) is 6.24. The Balaban J connectivity index is 1.86. The number of unbranched alkanes of at least 4 members (excludes halogenated alkanes) is 2. The fraction of sp³-hybridized carbons (Fsp3) is 0.412. The van der Waals surface area contributed by atoms with Crippen molar-refractivity contribution in [1.29, 1.82) is 0 Å². The van der Waals surface area contributed by atoms with E-state index in [1.54, 1.807) is 11.3 Å². The fourth-order valence-corrected chi connectivity index (χ4v) is 2.76. The first-order valence-electron chi connectivity index (χ1n) is 7.47. The minimum Gasteiger partial charge on any atom is -0.356 e. The predicted molar refractivity (Wildman–Crippen MR) is 88.5 cm³/mol. The van der Waals surface area contributed by atoms with Gasteiger partial charge in [0.15, 0.2) is 0 Å². The molecule has 3 nitrogen and oxygen atoms in total. The average Bonchev–Trinajstić information content (AvgIpc) is 2.91. The van der Waals surface area contributed by atoms with Crippen LogP contribution in [0.2, 0.25) is 0 Å². The average molecular weight is 302 g/mol. The molecule has 1 amide bonds. The van der Waals surface area contributed by atoms with Crippen molar-refractivity contribution in [2.75, 3.05) is 6.54 Å². The highest BCUT2D eigenvalue weighted by molar-refractivity contribution is 7.09. The molecule has 1 heterocycles. The normalized spacial score (nSPS) is 10.6. The van der Waals surface area contributed by atoms with Crippen LogP contribution >= 0.6 is 11.3 Å². The lowest BCUT2D eigenvalue weighted by Gasteiger charge is -2.05. The minimum absolute atomic E-state index is 0.100. The van der Waals surface area contributed by atoms with Gasteiger partial charge in [0.25, 0.3) is 0 Å². The summed E-state index contributed by atoms with van der Waals surface area (Å²) in [5, 5.41) is 6.10. The Hall–Kier alpha value is -1.68. The van der Waals surface area contributed by atoms with Crippen molar-refractivity contribution in [1.82, 2.24) is 10.3 Å². The van der Waals surface area contributed by atoms with E-state index >= 15 is 0 Å². The van der Waals surface area contributed by atoms with E-state index in [9.17, 15) is 4.79 Å². The Bertz CT molecular complexity index is 575. The summed E-state index contributed by atoms with van der Waals surface area (Å²) in [5.74, 6) is 0.100. The van der Waals surface area contributed by atoms with Crippen LogP contribution in [0.1, 0.15) is 36.8 Å². The summed E-state index contributed by atoms with van der Waals surface area (Å²) in [6, 6.07) is 8.09. The van der Waals surface area contributed by atoms with Crippen molar-refractivity contribution < 1.29 is 4.79 Å². The highest BCUT2D eigenvalue weighted by Crippen LogP contribution is 2.21. The minimum atomic E-state index is 0.100. The van der Waals surface area contributed by atoms with E-state index in [0.717, 1.165) is 34.8 Å². The molecule has 0 bridgehead atoms. The lowest BCUT2D eigenvalue weighted by molar-refractivity contribution is -0.120. The molecule has 1 aromatic heterocycles. The number of amides is 1. The van der Waals surface area contributed by atoms with E-state index in [4.69, 9.17) is 0 Å². The number of nitrogens with zero attached hydrogens (tertiary/aromatic N) is 1. The molecule has 0 aliphatic rings. The summed E-state index contributed by atoms with van der Waals surface area (Å²) in [5.41, 5.74) is 3.15. The van der Waals surface area contributed by atoms with E-state index in [0.29, 0.717) is 6.42 Å². The van der Waals surface area contributed by atoms with Crippen molar-refractivity contribution in [3.05, 3.63) is 40.2 Å². The van der Waals surface area contributed by atoms with Crippen molar-refractivity contribution >= 4 is 17.2 Å². The molecule has 2 aromatic rings. The van der Waals surface area contributed by atoms with Gasteiger partial charge in [-0.25, -0.2) is 4.98 Å². The van der Waals surface area contributed by atoms with Crippen LogP contribution in [0.15, 0.2) is 29.6 Å². The Morgan fingerprint density at radius 1 is 1.24 bits per heavy atom. The monoisotopic (exact) mass is 302 g/mol. The molecular formula is C17H22N2OS. The third kappa shape index (κ3) is 4.97. The molecular weight excluding hydrogens is 280 g/mol. The number of thiazole rings is 1. The molecule has 1 N–H and O–H groups in total. The molecule has 0 radical (unpaired) electrons. The third-order valence-corrected chi connectivity index (χ3v) is 4.11. The number of carbonyl (C=O) groups excluding carboxylic acids is 1. The van der Waals surface area contributed by atoms with Crippen LogP contribution in [0.3, 0.4) is 0 Å². The highest BCUT2D eigenvalue weighted by atomic mass is 32.1. The summed E-state index contributed by atoms with van der Waals surface area (Å²) in [7, 11) is 0.